The number of nitrogens with zero attached hydrogens (tertiary/aromatic N) is 2. The third-order valence-electron chi connectivity index (χ3n) is 13.8. The second kappa shape index (κ2) is 17.4. The molecule has 2 nitrogen and oxygen atoms in total. The summed E-state index contributed by atoms with van der Waals surface area (Å²) in [6, 6.07) is 78.7. The quantitative estimate of drug-likeness (QED) is 0.142. The normalized spacial score (nSPS) is 12.3. The predicted molar refractivity (Wildman–Crippen MR) is 304 cm³/mol. The van der Waals surface area contributed by atoms with Gasteiger partial charge in [-0.3, -0.25) is 0 Å². The van der Waals surface area contributed by atoms with Crippen LogP contribution in [0.3, 0.4) is 0 Å². The zero-order chi connectivity index (χ0) is 46.4. The van der Waals surface area contributed by atoms with Gasteiger partial charge in [0.15, 0.2) is 0 Å². The molecule has 0 bridgehead atoms. The Balaban J connectivity index is 1.00. The lowest BCUT2D eigenvalue weighted by molar-refractivity contribution is 1.12. The Kier molecular flexibility index (Phi) is 10.2. The van der Waals surface area contributed by atoms with Crippen LogP contribution in [0.25, 0.3) is 135 Å². The van der Waals surface area contributed by atoms with Gasteiger partial charge >= 0.3 is 0 Å². The van der Waals surface area contributed by atoms with Gasteiger partial charge in [0.05, 0.1) is 22.8 Å². The molecule has 2 heteroatoms. The highest BCUT2D eigenvalue weighted by molar-refractivity contribution is 6.06. The molecule has 0 saturated heterocycles. The van der Waals surface area contributed by atoms with Crippen LogP contribution in [-0.2, 0) is 0 Å². The summed E-state index contributed by atoms with van der Waals surface area (Å²) in [6.07, 6.45) is 17.3. The fourth-order valence-electron chi connectivity index (χ4n) is 10.2. The predicted octanol–water partition coefficient (Wildman–Crippen LogP) is 18.4. The molecule has 0 aliphatic rings. The highest BCUT2D eigenvalue weighted by atomic mass is 14.8. The molecule has 12 aromatic carbocycles. The number of benzene rings is 12. The molecule has 0 aliphatic heterocycles. The molecule has 0 amide bonds. The molecular formula is C68H44N2. The van der Waals surface area contributed by atoms with E-state index < -0.39 is 0 Å². The van der Waals surface area contributed by atoms with E-state index in [0.29, 0.717) is 0 Å². The van der Waals surface area contributed by atoms with Gasteiger partial charge in [-0.15, -0.1) is 0 Å². The highest BCUT2D eigenvalue weighted by Gasteiger charge is 2.12. The Hall–Kier alpha value is -9.24. The second-order valence-electron chi connectivity index (χ2n) is 18.2. The first kappa shape index (κ1) is 41.0. The maximum Gasteiger partial charge on any atom is 0.0894 e. The highest BCUT2D eigenvalue weighted by Crippen LogP contribution is 2.32. The SMILES string of the molecule is C(=C\c1cccc2cc3ccccc3cc12)/c1nc(/C=C/c2cccc3cc4ccccc4cc23)c(/C=C/c2cccc3cc4ccccc4cc23)nc1/C=C/c1cccc2cc3ccccc3cc12. The first-order valence-electron chi connectivity index (χ1n) is 23.9. The van der Waals surface area contributed by atoms with Crippen molar-refractivity contribution in [3.63, 3.8) is 0 Å². The van der Waals surface area contributed by atoms with Crippen molar-refractivity contribution in [2.24, 2.45) is 0 Å². The van der Waals surface area contributed by atoms with Gasteiger partial charge in [-0.1, -0.05) is 194 Å². The minimum Gasteiger partial charge on any atom is -0.245 e. The number of hydrogen-bond acceptors (Lipinski definition) is 2. The maximum atomic E-state index is 5.56. The van der Waals surface area contributed by atoms with E-state index in [1.165, 1.54) is 86.2 Å². The maximum absolute atomic E-state index is 5.56. The van der Waals surface area contributed by atoms with Crippen LogP contribution >= 0.6 is 0 Å². The van der Waals surface area contributed by atoms with Crippen LogP contribution in [0.4, 0.5) is 0 Å². The molecule has 0 fully saturated rings. The van der Waals surface area contributed by atoms with Gasteiger partial charge in [0, 0.05) is 0 Å². The zero-order valence-corrected chi connectivity index (χ0v) is 38.3. The number of hydrogen-bond donors (Lipinski definition) is 0. The average Bonchev–Trinajstić information content (AvgIpc) is 3.40. The molecule has 326 valence electrons. The van der Waals surface area contributed by atoms with Crippen LogP contribution in [0.1, 0.15) is 45.0 Å². The summed E-state index contributed by atoms with van der Waals surface area (Å²) in [5, 5.41) is 19.3. The number of aromatic nitrogens is 2. The van der Waals surface area contributed by atoms with Gasteiger partial charge in [-0.05, 0) is 181 Å². The van der Waals surface area contributed by atoms with Crippen LogP contribution < -0.4 is 0 Å². The summed E-state index contributed by atoms with van der Waals surface area (Å²) >= 11 is 0. The van der Waals surface area contributed by atoms with Gasteiger partial charge in [-0.25, -0.2) is 9.97 Å². The van der Waals surface area contributed by atoms with E-state index in [2.05, 4.69) is 267 Å². The van der Waals surface area contributed by atoms with Gasteiger partial charge in [0.25, 0.3) is 0 Å². The Bertz CT molecular complexity index is 3800. The first-order chi connectivity index (χ1) is 34.6. The minimum absolute atomic E-state index is 0.775. The molecule has 13 aromatic rings. The van der Waals surface area contributed by atoms with Crippen LogP contribution in [0.5, 0.6) is 0 Å². The van der Waals surface area contributed by atoms with Gasteiger partial charge in [0.2, 0.25) is 0 Å². The summed E-state index contributed by atoms with van der Waals surface area (Å²) in [7, 11) is 0. The van der Waals surface area contributed by atoms with Crippen LogP contribution in [0, 0.1) is 0 Å². The van der Waals surface area contributed by atoms with Crippen molar-refractivity contribution in [2.45, 2.75) is 0 Å². The fraction of sp³-hybridized carbons (Fsp3) is 0. The summed E-state index contributed by atoms with van der Waals surface area (Å²) < 4.78 is 0. The van der Waals surface area contributed by atoms with Gasteiger partial charge in [-0.2, -0.15) is 0 Å². The molecular weight excluding hydrogens is 845 g/mol. The Labute approximate surface area is 406 Å². The monoisotopic (exact) mass is 888 g/mol. The van der Waals surface area contributed by atoms with Crippen LogP contribution in [-0.4, -0.2) is 9.97 Å². The molecule has 0 N–H and O–H groups in total. The third kappa shape index (κ3) is 7.78. The summed E-state index contributed by atoms with van der Waals surface area (Å²) in [4.78, 5) is 11.1. The Morgan fingerprint density at radius 1 is 0.186 bits per heavy atom. The van der Waals surface area contributed by atoms with E-state index >= 15 is 0 Å². The number of rotatable bonds is 8. The van der Waals surface area contributed by atoms with Crippen molar-refractivity contribution in [2.75, 3.05) is 0 Å². The van der Waals surface area contributed by atoms with Crippen molar-refractivity contribution < 1.29 is 0 Å². The Morgan fingerprint density at radius 3 is 0.614 bits per heavy atom. The number of fused-ring (bicyclic) bond motifs is 8. The molecule has 0 unspecified atom stereocenters. The Morgan fingerprint density at radius 2 is 0.386 bits per heavy atom. The molecule has 0 spiro atoms. The molecule has 0 saturated carbocycles. The largest absolute Gasteiger partial charge is 0.245 e. The zero-order valence-electron chi connectivity index (χ0n) is 38.3. The van der Waals surface area contributed by atoms with Crippen molar-refractivity contribution in [3.05, 3.63) is 263 Å². The van der Waals surface area contributed by atoms with E-state index in [0.717, 1.165) is 45.0 Å². The molecule has 0 atom stereocenters. The fourth-order valence-corrected chi connectivity index (χ4v) is 10.2. The van der Waals surface area contributed by atoms with Crippen molar-refractivity contribution in [1.82, 2.24) is 9.97 Å². The summed E-state index contributed by atoms with van der Waals surface area (Å²) in [5.74, 6) is 0. The minimum atomic E-state index is 0.775. The molecule has 0 radical (unpaired) electrons. The van der Waals surface area contributed by atoms with Crippen molar-refractivity contribution in [3.8, 4) is 0 Å². The third-order valence-corrected chi connectivity index (χ3v) is 13.8. The van der Waals surface area contributed by atoms with Gasteiger partial charge < -0.3 is 0 Å². The van der Waals surface area contributed by atoms with Crippen molar-refractivity contribution >= 4 is 135 Å². The molecule has 1 aromatic heterocycles. The van der Waals surface area contributed by atoms with E-state index in [4.69, 9.17) is 9.97 Å². The van der Waals surface area contributed by atoms with Crippen LogP contribution in [0.15, 0.2) is 218 Å². The van der Waals surface area contributed by atoms with E-state index in [1.807, 2.05) is 0 Å². The van der Waals surface area contributed by atoms with E-state index in [9.17, 15) is 0 Å². The molecule has 0 aliphatic carbocycles. The molecule has 1 heterocycles. The summed E-state index contributed by atoms with van der Waals surface area (Å²) in [5.41, 5.74) is 7.58. The lowest BCUT2D eigenvalue weighted by Crippen LogP contribution is -2.00. The molecule has 70 heavy (non-hydrogen) atoms. The topological polar surface area (TPSA) is 25.8 Å². The molecule has 13 rings (SSSR count). The average molecular weight is 889 g/mol. The summed E-state index contributed by atoms with van der Waals surface area (Å²) in [6.45, 7) is 0. The van der Waals surface area contributed by atoms with Crippen molar-refractivity contribution in [1.29, 1.82) is 0 Å². The van der Waals surface area contributed by atoms with E-state index in [1.54, 1.807) is 0 Å². The van der Waals surface area contributed by atoms with Crippen LogP contribution in [0.2, 0.25) is 0 Å². The second-order valence-corrected chi connectivity index (χ2v) is 18.2. The smallest absolute Gasteiger partial charge is 0.0894 e. The van der Waals surface area contributed by atoms with Gasteiger partial charge in [0.1, 0.15) is 0 Å². The standard InChI is InChI=1S/C68H44N2/c1-5-17-53-41-61-45(21-9-25-57(61)37-49(53)13-1)29-33-65-66(34-30-46-22-10-26-58-38-50-14-2-6-18-54(50)42-62(46)58)70-68(36-32-48-24-12-28-60-40-52-16-4-8-20-56(52)44-64(48)60)67(69-65)35-31-47-23-11-27-59-39-51-15-3-7-19-55(51)43-63(47)59/h1-44H/b33-29+,34-30+,35-31+,36-32+. The van der Waals surface area contributed by atoms with E-state index in [-0.39, 0.29) is 0 Å². The lowest BCUT2D eigenvalue weighted by Gasteiger charge is -2.10. The first-order valence-corrected chi connectivity index (χ1v) is 23.9. The lowest BCUT2D eigenvalue weighted by atomic mass is 9.98.